The molecule has 35 heavy (non-hydrogen) atoms. The molecule has 2 aliphatic heterocycles. The first kappa shape index (κ1) is 25.8. The van der Waals surface area contributed by atoms with Crippen molar-refractivity contribution in [3.8, 4) is 0 Å². The van der Waals surface area contributed by atoms with E-state index < -0.39 is 17.6 Å². The number of alkyl halides is 3. The molecule has 2 fully saturated rings. The fourth-order valence-electron chi connectivity index (χ4n) is 4.59. The molecule has 3 heterocycles. The van der Waals surface area contributed by atoms with E-state index in [0.717, 1.165) is 32.0 Å². The number of hydrogen-bond acceptors (Lipinski definition) is 5. The molecule has 0 unspecified atom stereocenters. The quantitative estimate of drug-likeness (QED) is 0.608. The van der Waals surface area contributed by atoms with Crippen LogP contribution in [-0.2, 0) is 17.5 Å². The highest BCUT2D eigenvalue weighted by molar-refractivity contribution is 8.00. The van der Waals surface area contributed by atoms with E-state index in [1.54, 1.807) is 16.8 Å². The van der Waals surface area contributed by atoms with Gasteiger partial charge in [-0.15, -0.1) is 11.8 Å². The van der Waals surface area contributed by atoms with Crippen molar-refractivity contribution in [1.82, 2.24) is 15.2 Å². The van der Waals surface area contributed by atoms with E-state index in [4.69, 9.17) is 4.74 Å². The van der Waals surface area contributed by atoms with Crippen molar-refractivity contribution in [2.45, 2.75) is 61.5 Å². The monoisotopic (exact) mass is 509 g/mol. The van der Waals surface area contributed by atoms with Crippen molar-refractivity contribution < 1.29 is 22.7 Å². The molecule has 2 aromatic rings. The van der Waals surface area contributed by atoms with Crippen LogP contribution in [0.3, 0.4) is 0 Å². The second-order valence-corrected chi connectivity index (χ2v) is 10.3. The van der Waals surface area contributed by atoms with Crippen LogP contribution in [0.2, 0.25) is 0 Å². The summed E-state index contributed by atoms with van der Waals surface area (Å²) in [6.45, 7) is 4.24. The van der Waals surface area contributed by atoms with Gasteiger partial charge in [0, 0.05) is 48.2 Å². The zero-order chi connectivity index (χ0) is 25.0. The molecule has 190 valence electrons. The Bertz CT molecular complexity index is 1110. The zero-order valence-corrected chi connectivity index (χ0v) is 20.4. The lowest BCUT2D eigenvalue weighted by atomic mass is 10.0. The summed E-state index contributed by atoms with van der Waals surface area (Å²) in [4.78, 5) is 26.9. The molecule has 4 rings (SSSR count). The Morgan fingerprint density at radius 3 is 2.60 bits per heavy atom. The van der Waals surface area contributed by atoms with Crippen molar-refractivity contribution >= 4 is 17.7 Å². The molecule has 0 atom stereocenters. The summed E-state index contributed by atoms with van der Waals surface area (Å²) in [5.41, 5.74) is 0.0117. The van der Waals surface area contributed by atoms with Crippen LogP contribution < -0.4 is 16.2 Å². The van der Waals surface area contributed by atoms with Gasteiger partial charge in [-0.2, -0.15) is 13.2 Å². The van der Waals surface area contributed by atoms with Crippen LogP contribution in [0.4, 0.5) is 13.2 Å². The molecule has 2 saturated heterocycles. The Hall–Kier alpha value is -2.30. The van der Waals surface area contributed by atoms with E-state index in [2.05, 4.69) is 10.6 Å². The maximum atomic E-state index is 13.3. The maximum absolute atomic E-state index is 13.3. The number of hydrogen-bond donors (Lipinski definition) is 2. The van der Waals surface area contributed by atoms with E-state index in [-0.39, 0.29) is 29.0 Å². The molecule has 2 N–H and O–H groups in total. The molecule has 10 heteroatoms. The van der Waals surface area contributed by atoms with Gasteiger partial charge >= 0.3 is 6.18 Å². The minimum atomic E-state index is -4.46. The van der Waals surface area contributed by atoms with Gasteiger partial charge in [0.15, 0.2) is 0 Å². The minimum absolute atomic E-state index is 0.0392. The van der Waals surface area contributed by atoms with E-state index in [1.165, 1.54) is 30.8 Å². The third-order valence-electron chi connectivity index (χ3n) is 6.64. The summed E-state index contributed by atoms with van der Waals surface area (Å²) in [7, 11) is 0. The van der Waals surface area contributed by atoms with Crippen LogP contribution in [0.25, 0.3) is 0 Å². The normalized spacial score (nSPS) is 17.9. The van der Waals surface area contributed by atoms with Gasteiger partial charge in [-0.05, 0) is 62.9 Å². The number of rotatable bonds is 6. The summed E-state index contributed by atoms with van der Waals surface area (Å²) in [5, 5.41) is 6.38. The number of benzene rings is 1. The Kier molecular flexibility index (Phi) is 8.23. The molecule has 0 radical (unpaired) electrons. The lowest BCUT2D eigenvalue weighted by Crippen LogP contribution is -2.32. The van der Waals surface area contributed by atoms with Crippen molar-refractivity contribution in [3.63, 3.8) is 0 Å². The van der Waals surface area contributed by atoms with Gasteiger partial charge in [-0.25, -0.2) is 0 Å². The zero-order valence-electron chi connectivity index (χ0n) is 19.6. The highest BCUT2D eigenvalue weighted by Crippen LogP contribution is 2.34. The van der Waals surface area contributed by atoms with Gasteiger partial charge in [0.1, 0.15) is 0 Å². The molecule has 1 aromatic carbocycles. The van der Waals surface area contributed by atoms with Crippen molar-refractivity contribution in [3.05, 3.63) is 63.1 Å². The first-order chi connectivity index (χ1) is 16.7. The van der Waals surface area contributed by atoms with Gasteiger partial charge in [0.05, 0.1) is 11.1 Å². The van der Waals surface area contributed by atoms with Crippen LogP contribution in [0.5, 0.6) is 0 Å². The molecule has 1 amide bonds. The lowest BCUT2D eigenvalue weighted by molar-refractivity contribution is -0.138. The Balaban J connectivity index is 1.60. The smallest absolute Gasteiger partial charge is 0.381 e. The number of pyridine rings is 1. The molecular formula is C25H30F3N3O3S. The van der Waals surface area contributed by atoms with Gasteiger partial charge in [-0.3, -0.25) is 9.59 Å². The number of piperidine rings is 1. The third-order valence-corrected chi connectivity index (χ3v) is 8.04. The average molecular weight is 510 g/mol. The van der Waals surface area contributed by atoms with Crippen LogP contribution in [0.1, 0.15) is 58.8 Å². The fourth-order valence-corrected chi connectivity index (χ4v) is 5.86. The van der Waals surface area contributed by atoms with Crippen molar-refractivity contribution in [2.24, 2.45) is 0 Å². The maximum Gasteiger partial charge on any atom is 0.416 e. The molecule has 0 aliphatic carbocycles. The van der Waals surface area contributed by atoms with Crippen LogP contribution in [0, 0.1) is 6.92 Å². The number of nitrogens with zero attached hydrogens (tertiary/aromatic N) is 1. The molecular weight excluding hydrogens is 479 g/mol. The second-order valence-electron chi connectivity index (χ2n) is 8.98. The molecule has 0 bridgehead atoms. The summed E-state index contributed by atoms with van der Waals surface area (Å²) >= 11 is 1.53. The van der Waals surface area contributed by atoms with Crippen molar-refractivity contribution in [1.29, 1.82) is 0 Å². The number of amides is 1. The van der Waals surface area contributed by atoms with Crippen molar-refractivity contribution in [2.75, 3.05) is 26.3 Å². The predicted octanol–water partition coefficient (Wildman–Crippen LogP) is 4.30. The third kappa shape index (κ3) is 6.29. The van der Waals surface area contributed by atoms with Crippen LogP contribution in [-0.4, -0.2) is 42.0 Å². The van der Waals surface area contributed by atoms with Gasteiger partial charge in [0.25, 0.3) is 11.5 Å². The standard InChI is InChI=1S/C25H30F3N3O3S/c1-16-17(3-2-4-21(16)25(26,27)28)14-30-24(33)20-15-31(18-7-11-34-12-8-18)23(32)13-22(20)35-19-5-9-29-10-6-19/h2-4,13,15,18-19,29H,5-12,14H2,1H3,(H,30,33). The van der Waals surface area contributed by atoms with Gasteiger partial charge in [-0.1, -0.05) is 12.1 Å². The predicted molar refractivity (Wildman–Crippen MR) is 129 cm³/mol. The second kappa shape index (κ2) is 11.2. The highest BCUT2D eigenvalue weighted by atomic mass is 32.2. The van der Waals surface area contributed by atoms with E-state index in [0.29, 0.717) is 42.1 Å². The number of halogens is 3. The average Bonchev–Trinajstić information content (AvgIpc) is 2.84. The van der Waals surface area contributed by atoms with E-state index in [1.807, 2.05) is 0 Å². The Labute approximate surface area is 206 Å². The molecule has 6 nitrogen and oxygen atoms in total. The summed E-state index contributed by atoms with van der Waals surface area (Å²) in [5.74, 6) is -0.404. The topological polar surface area (TPSA) is 72.4 Å². The minimum Gasteiger partial charge on any atom is -0.381 e. The summed E-state index contributed by atoms with van der Waals surface area (Å²) in [6, 6.07) is 5.45. The van der Waals surface area contributed by atoms with Crippen LogP contribution in [0.15, 0.2) is 40.2 Å². The molecule has 1 aromatic heterocycles. The summed E-state index contributed by atoms with van der Waals surface area (Å²) < 4.78 is 46.9. The van der Waals surface area contributed by atoms with Crippen LogP contribution >= 0.6 is 11.8 Å². The number of nitrogens with one attached hydrogen (secondary N) is 2. The number of ether oxygens (including phenoxy) is 1. The fraction of sp³-hybridized carbons (Fsp3) is 0.520. The highest BCUT2D eigenvalue weighted by Gasteiger charge is 2.33. The van der Waals surface area contributed by atoms with E-state index >= 15 is 0 Å². The van der Waals surface area contributed by atoms with Gasteiger partial charge in [0.2, 0.25) is 0 Å². The largest absolute Gasteiger partial charge is 0.416 e. The number of thioether (sulfide) groups is 1. The summed E-state index contributed by atoms with van der Waals surface area (Å²) in [6.07, 6.45) is 0.394. The number of aromatic nitrogens is 1. The number of carbonyl (C=O) groups is 1. The first-order valence-corrected chi connectivity index (χ1v) is 12.8. The SMILES string of the molecule is Cc1c(CNC(=O)c2cn(C3CCOCC3)c(=O)cc2SC2CCNCC2)cccc1C(F)(F)F. The molecule has 2 aliphatic rings. The molecule has 0 saturated carbocycles. The Morgan fingerprint density at radius 2 is 1.91 bits per heavy atom. The Morgan fingerprint density at radius 1 is 1.20 bits per heavy atom. The van der Waals surface area contributed by atoms with Gasteiger partial charge < -0.3 is 19.9 Å². The number of carbonyl (C=O) groups excluding carboxylic acids is 1. The first-order valence-electron chi connectivity index (χ1n) is 11.9. The lowest BCUT2D eigenvalue weighted by Gasteiger charge is -2.26. The molecule has 0 spiro atoms. The van der Waals surface area contributed by atoms with E-state index in [9.17, 15) is 22.8 Å².